The molecule has 0 spiro atoms. The summed E-state index contributed by atoms with van der Waals surface area (Å²) >= 11 is 5.01. The van der Waals surface area contributed by atoms with Gasteiger partial charge in [0.05, 0.1) is 50.2 Å². The number of carbonyl (C=O) groups excluding carboxylic acids is 1. The number of anilines is 1. The minimum Gasteiger partial charge on any atom is -0.497 e. The first-order valence-corrected chi connectivity index (χ1v) is 13.1. The van der Waals surface area contributed by atoms with Gasteiger partial charge in [-0.05, 0) is 52.7 Å². The fourth-order valence-electron chi connectivity index (χ4n) is 3.93. The quantitative estimate of drug-likeness (QED) is 0.156. The van der Waals surface area contributed by atoms with Crippen LogP contribution >= 0.6 is 27.3 Å². The average molecular weight is 600 g/mol. The molecule has 0 atom stereocenters. The highest BCUT2D eigenvalue weighted by Gasteiger charge is 2.22. The van der Waals surface area contributed by atoms with Gasteiger partial charge in [0.2, 0.25) is 5.75 Å². The summed E-state index contributed by atoms with van der Waals surface area (Å²) in [5.41, 5.74) is 4.05. The summed E-state index contributed by atoms with van der Waals surface area (Å²) in [5, 5.41) is 4.07. The zero-order chi connectivity index (χ0) is 27.4. The van der Waals surface area contributed by atoms with Crippen molar-refractivity contribution in [1.29, 1.82) is 0 Å². The number of methoxy groups -OCH3 is 5. The van der Waals surface area contributed by atoms with Gasteiger partial charge in [0, 0.05) is 41.2 Å². The molecule has 8 nitrogen and oxygen atoms in total. The van der Waals surface area contributed by atoms with Gasteiger partial charge in [0.15, 0.2) is 17.3 Å². The number of aryl methyl sites for hydroxylation is 1. The molecule has 0 amide bonds. The van der Waals surface area contributed by atoms with Gasteiger partial charge in [-0.15, -0.1) is 11.3 Å². The van der Waals surface area contributed by atoms with Crippen molar-refractivity contribution in [2.75, 3.05) is 40.9 Å². The Morgan fingerprint density at radius 1 is 0.921 bits per heavy atom. The third-order valence-electron chi connectivity index (χ3n) is 5.87. The van der Waals surface area contributed by atoms with Crippen molar-refractivity contribution in [2.45, 2.75) is 6.92 Å². The van der Waals surface area contributed by atoms with Gasteiger partial charge in [-0.25, -0.2) is 4.98 Å². The predicted molar refractivity (Wildman–Crippen MR) is 154 cm³/mol. The Labute approximate surface area is 233 Å². The van der Waals surface area contributed by atoms with E-state index in [2.05, 4.69) is 27.3 Å². The van der Waals surface area contributed by atoms with Crippen molar-refractivity contribution in [1.82, 2.24) is 4.98 Å². The van der Waals surface area contributed by atoms with Crippen molar-refractivity contribution in [2.24, 2.45) is 0 Å². The number of rotatable bonds is 10. The van der Waals surface area contributed by atoms with Gasteiger partial charge < -0.3 is 29.0 Å². The Morgan fingerprint density at radius 2 is 1.66 bits per heavy atom. The molecule has 3 aromatic carbocycles. The fourth-order valence-corrected chi connectivity index (χ4v) is 5.61. The van der Waals surface area contributed by atoms with E-state index in [1.807, 2.05) is 31.2 Å². The summed E-state index contributed by atoms with van der Waals surface area (Å²) in [4.78, 5) is 17.7. The monoisotopic (exact) mass is 598 g/mol. The van der Waals surface area contributed by atoms with Crippen LogP contribution in [0.15, 0.2) is 53.1 Å². The number of benzene rings is 3. The third kappa shape index (κ3) is 5.27. The molecule has 4 aromatic rings. The number of aromatic nitrogens is 1. The standard InChI is InChI=1S/C28H27BrN2O6S/c1-15-11-16(28-31-20-12-17(33-2)13-23(35-4)27(20)38-28)7-8-19(15)30-10-9-21(32)18-14-22(34-3)25(36-5)26(37-6)24(18)29/h7-14,30H,1-6H3/b10-9-. The molecular weight excluding hydrogens is 572 g/mol. The first-order valence-electron chi connectivity index (χ1n) is 11.4. The second kappa shape index (κ2) is 11.7. The van der Waals surface area contributed by atoms with E-state index < -0.39 is 0 Å². The van der Waals surface area contributed by atoms with E-state index in [4.69, 9.17) is 28.7 Å². The van der Waals surface area contributed by atoms with Crippen LogP contribution in [0.4, 0.5) is 5.69 Å². The second-order valence-electron chi connectivity index (χ2n) is 8.08. The summed E-state index contributed by atoms with van der Waals surface area (Å²) < 4.78 is 28.5. The SMILES string of the molecule is COc1cc(OC)c2sc(-c3ccc(N/C=C\C(=O)c4cc(OC)c(OC)c(OC)c4Br)c(C)c3)nc2c1. The molecule has 1 N–H and O–H groups in total. The maximum absolute atomic E-state index is 13.0. The van der Waals surface area contributed by atoms with Crippen LogP contribution in [0.25, 0.3) is 20.8 Å². The Hall–Kier alpha value is -3.76. The fraction of sp³-hybridized carbons (Fsp3) is 0.214. The molecule has 1 aromatic heterocycles. The van der Waals surface area contributed by atoms with Crippen molar-refractivity contribution >= 4 is 49.0 Å². The van der Waals surface area contributed by atoms with Gasteiger partial charge in [0.1, 0.15) is 16.5 Å². The molecular formula is C28H27BrN2O6S. The van der Waals surface area contributed by atoms with Crippen LogP contribution < -0.4 is 29.0 Å². The highest BCUT2D eigenvalue weighted by molar-refractivity contribution is 9.10. The summed E-state index contributed by atoms with van der Waals surface area (Å²) in [7, 11) is 7.77. The van der Waals surface area contributed by atoms with Crippen molar-refractivity contribution in [3.05, 3.63) is 64.3 Å². The predicted octanol–water partition coefficient (Wildman–Crippen LogP) is 6.89. The van der Waals surface area contributed by atoms with Crippen LogP contribution in [-0.2, 0) is 0 Å². The molecule has 0 fully saturated rings. The highest BCUT2D eigenvalue weighted by Crippen LogP contribution is 2.45. The van der Waals surface area contributed by atoms with Crippen LogP contribution in [0.2, 0.25) is 0 Å². The topological polar surface area (TPSA) is 88.1 Å². The molecule has 0 saturated carbocycles. The summed E-state index contributed by atoms with van der Waals surface area (Å²) in [6.45, 7) is 1.99. The van der Waals surface area contributed by atoms with Crippen molar-refractivity contribution in [3.8, 4) is 39.3 Å². The highest BCUT2D eigenvalue weighted by atomic mass is 79.9. The van der Waals surface area contributed by atoms with Crippen LogP contribution in [-0.4, -0.2) is 46.3 Å². The van der Waals surface area contributed by atoms with Gasteiger partial charge >= 0.3 is 0 Å². The molecule has 0 saturated heterocycles. The Kier molecular flexibility index (Phi) is 8.43. The molecule has 10 heteroatoms. The lowest BCUT2D eigenvalue weighted by molar-refractivity contribution is 0.104. The zero-order valence-electron chi connectivity index (χ0n) is 21.8. The lowest BCUT2D eigenvalue weighted by Gasteiger charge is -2.15. The van der Waals surface area contributed by atoms with Crippen molar-refractivity contribution < 1.29 is 28.5 Å². The van der Waals surface area contributed by atoms with Gasteiger partial charge in [-0.3, -0.25) is 4.79 Å². The molecule has 0 aliphatic rings. The third-order valence-corrected chi connectivity index (χ3v) is 7.79. The Morgan fingerprint density at radius 3 is 2.29 bits per heavy atom. The van der Waals surface area contributed by atoms with Crippen LogP contribution in [0.3, 0.4) is 0 Å². The number of thiazole rings is 1. The first-order chi connectivity index (χ1) is 18.3. The number of ketones is 1. The van der Waals surface area contributed by atoms with E-state index in [1.165, 1.54) is 27.4 Å². The van der Waals surface area contributed by atoms with Crippen molar-refractivity contribution in [3.63, 3.8) is 0 Å². The Balaban J connectivity index is 1.55. The molecule has 1 heterocycles. The zero-order valence-corrected chi connectivity index (χ0v) is 24.2. The van der Waals surface area contributed by atoms with E-state index in [0.29, 0.717) is 33.0 Å². The number of hydrogen-bond donors (Lipinski definition) is 1. The first kappa shape index (κ1) is 27.3. The number of nitrogens with one attached hydrogen (secondary N) is 1. The van der Waals surface area contributed by atoms with Crippen LogP contribution in [0.5, 0.6) is 28.7 Å². The van der Waals surface area contributed by atoms with E-state index >= 15 is 0 Å². The summed E-state index contributed by atoms with van der Waals surface area (Å²) in [6.07, 6.45) is 3.06. The molecule has 0 unspecified atom stereocenters. The summed E-state index contributed by atoms with van der Waals surface area (Å²) in [6, 6.07) is 11.4. The molecule has 4 rings (SSSR count). The van der Waals surface area contributed by atoms with Gasteiger partial charge in [-0.1, -0.05) is 0 Å². The molecule has 0 radical (unpaired) electrons. The van der Waals surface area contributed by atoms with Crippen LogP contribution in [0, 0.1) is 6.92 Å². The molecule has 38 heavy (non-hydrogen) atoms. The minimum absolute atomic E-state index is 0.239. The molecule has 198 valence electrons. The maximum Gasteiger partial charge on any atom is 0.204 e. The molecule has 0 aliphatic carbocycles. The smallest absolute Gasteiger partial charge is 0.204 e. The number of fused-ring (bicyclic) bond motifs is 1. The second-order valence-corrected chi connectivity index (χ2v) is 9.87. The van der Waals surface area contributed by atoms with Crippen LogP contribution in [0.1, 0.15) is 15.9 Å². The average Bonchev–Trinajstić information content (AvgIpc) is 3.37. The van der Waals surface area contributed by atoms with E-state index in [-0.39, 0.29) is 5.78 Å². The minimum atomic E-state index is -0.239. The number of halogens is 1. The number of allylic oxidation sites excluding steroid dienone is 1. The van der Waals surface area contributed by atoms with Gasteiger partial charge in [0.25, 0.3) is 0 Å². The number of hydrogen-bond acceptors (Lipinski definition) is 9. The van der Waals surface area contributed by atoms with E-state index in [1.54, 1.807) is 37.8 Å². The molecule has 0 bridgehead atoms. The van der Waals surface area contributed by atoms with E-state index in [0.717, 1.165) is 37.8 Å². The number of carbonyl (C=O) groups is 1. The van der Waals surface area contributed by atoms with E-state index in [9.17, 15) is 4.79 Å². The molecule has 0 aliphatic heterocycles. The van der Waals surface area contributed by atoms with Gasteiger partial charge in [-0.2, -0.15) is 0 Å². The Bertz CT molecular complexity index is 1530. The normalized spacial score (nSPS) is 11.0. The summed E-state index contributed by atoms with van der Waals surface area (Å²) in [5.74, 6) is 2.37. The largest absolute Gasteiger partial charge is 0.497 e. The lowest BCUT2D eigenvalue weighted by Crippen LogP contribution is -2.03. The lowest BCUT2D eigenvalue weighted by atomic mass is 10.1. The number of nitrogens with zero attached hydrogens (tertiary/aromatic N) is 1. The maximum atomic E-state index is 13.0. The number of ether oxygens (including phenoxy) is 5.